The molecule has 0 rings (SSSR count). The van der Waals surface area contributed by atoms with E-state index in [0.717, 1.165) is 19.3 Å². The van der Waals surface area contributed by atoms with E-state index < -0.39 is 0 Å². The molecule has 1 unspecified atom stereocenters. The quantitative estimate of drug-likeness (QED) is 0.432. The second kappa shape index (κ2) is 7.67. The van der Waals surface area contributed by atoms with Crippen molar-refractivity contribution in [1.29, 1.82) is 0 Å². The van der Waals surface area contributed by atoms with Crippen LogP contribution < -0.4 is 0 Å². The Kier molecular flexibility index (Phi) is 7.28. The molecule has 0 aliphatic carbocycles. The van der Waals surface area contributed by atoms with Gasteiger partial charge in [0, 0.05) is 0 Å². The van der Waals surface area contributed by atoms with Crippen molar-refractivity contribution in [2.45, 2.75) is 45.9 Å². The van der Waals surface area contributed by atoms with Gasteiger partial charge in [0.1, 0.15) is 0 Å². The Balaban J connectivity index is 4.12. The van der Waals surface area contributed by atoms with Crippen LogP contribution in [0.25, 0.3) is 0 Å². The maximum absolute atomic E-state index is 5.74. The van der Waals surface area contributed by atoms with Crippen LogP contribution in [0.4, 0.5) is 0 Å². The highest BCUT2D eigenvalue weighted by Gasteiger charge is 1.96. The van der Waals surface area contributed by atoms with E-state index in [0.29, 0.717) is 0 Å². The van der Waals surface area contributed by atoms with Gasteiger partial charge in [-0.1, -0.05) is 62.0 Å². The molecular weight excluding hydrogens is 167 g/mol. The fraction of sp³-hybridized carbons (Fsp3) is 0.538. The van der Waals surface area contributed by atoms with Gasteiger partial charge in [-0.05, 0) is 19.8 Å². The Labute approximate surface area is 90.2 Å². The van der Waals surface area contributed by atoms with Crippen LogP contribution in [0, 0.1) is 0 Å². The Hall–Kier alpha value is -0.715. The van der Waals surface area contributed by atoms with Gasteiger partial charge in [-0.25, -0.2) is 0 Å². The van der Waals surface area contributed by atoms with E-state index in [1.807, 2.05) is 13.8 Å². The molecule has 0 fully saturated rings. The second-order valence-corrected chi connectivity index (χ2v) is 3.79. The predicted octanol–water partition coefficient (Wildman–Crippen LogP) is 4.21. The Morgan fingerprint density at radius 2 is 2.07 bits per heavy atom. The molecule has 0 saturated heterocycles. The lowest BCUT2D eigenvalue weighted by molar-refractivity contribution is 0.912. The number of hydrogen-bond donors (Lipinski definition) is 0. The van der Waals surface area contributed by atoms with Crippen molar-refractivity contribution in [3.63, 3.8) is 0 Å². The van der Waals surface area contributed by atoms with E-state index in [4.69, 9.17) is 7.85 Å². The van der Waals surface area contributed by atoms with Crippen molar-refractivity contribution in [3.05, 3.63) is 36.0 Å². The minimum atomic E-state index is 0.227. The second-order valence-electron chi connectivity index (χ2n) is 3.79. The minimum absolute atomic E-state index is 0.227. The Morgan fingerprint density at radius 3 is 2.50 bits per heavy atom. The first kappa shape index (κ1) is 13.3. The molecule has 0 spiro atoms. The van der Waals surface area contributed by atoms with Crippen molar-refractivity contribution in [3.8, 4) is 0 Å². The molecule has 0 aromatic heterocycles. The Bertz CT molecular complexity index is 221. The van der Waals surface area contributed by atoms with Gasteiger partial charge < -0.3 is 0 Å². The van der Waals surface area contributed by atoms with Gasteiger partial charge in [-0.15, -0.1) is 0 Å². The highest BCUT2D eigenvalue weighted by Crippen LogP contribution is 2.15. The third kappa shape index (κ3) is 6.76. The van der Waals surface area contributed by atoms with Crippen LogP contribution in [0.2, 0.25) is 5.82 Å². The van der Waals surface area contributed by atoms with E-state index in [2.05, 4.69) is 31.7 Å². The molecule has 2 radical (unpaired) electrons. The maximum Gasteiger partial charge on any atom is 0.0700 e. The van der Waals surface area contributed by atoms with E-state index in [1.54, 1.807) is 0 Å². The molecule has 0 bridgehead atoms. The zero-order chi connectivity index (χ0) is 11.0. The van der Waals surface area contributed by atoms with Crippen molar-refractivity contribution in [2.24, 2.45) is 0 Å². The van der Waals surface area contributed by atoms with Gasteiger partial charge in [0.25, 0.3) is 0 Å². The molecule has 76 valence electrons. The van der Waals surface area contributed by atoms with Crippen LogP contribution in [-0.2, 0) is 0 Å². The summed E-state index contributed by atoms with van der Waals surface area (Å²) in [5.41, 5.74) is 2.48. The van der Waals surface area contributed by atoms with Crippen LogP contribution in [0.1, 0.15) is 40.0 Å². The molecule has 0 heterocycles. The van der Waals surface area contributed by atoms with Crippen LogP contribution in [0.3, 0.4) is 0 Å². The topological polar surface area (TPSA) is 0 Å². The predicted molar refractivity (Wildman–Crippen MR) is 66.7 cm³/mol. The summed E-state index contributed by atoms with van der Waals surface area (Å²) in [4.78, 5) is 0. The third-order valence-corrected chi connectivity index (χ3v) is 2.03. The van der Waals surface area contributed by atoms with Gasteiger partial charge >= 0.3 is 0 Å². The largest absolute Gasteiger partial charge is 0.0958 e. The normalized spacial score (nSPS) is 14.6. The lowest BCUT2D eigenvalue weighted by Gasteiger charge is -2.05. The molecule has 1 heteroatoms. The molecule has 0 N–H and O–H groups in total. The third-order valence-electron chi connectivity index (χ3n) is 2.03. The fourth-order valence-corrected chi connectivity index (χ4v) is 1.28. The molecule has 14 heavy (non-hydrogen) atoms. The average molecular weight is 188 g/mol. The molecule has 1 atom stereocenters. The maximum atomic E-state index is 5.74. The molecule has 0 aliphatic heterocycles. The zero-order valence-electron chi connectivity index (χ0n) is 9.72. The lowest BCUT2D eigenvalue weighted by atomic mass is 9.83. The molecule has 0 saturated carbocycles. The van der Waals surface area contributed by atoms with Gasteiger partial charge in [-0.2, -0.15) is 0 Å². The van der Waals surface area contributed by atoms with Gasteiger partial charge in [-0.3, -0.25) is 0 Å². The summed E-state index contributed by atoms with van der Waals surface area (Å²) in [5, 5.41) is 0. The zero-order valence-corrected chi connectivity index (χ0v) is 9.72. The summed E-state index contributed by atoms with van der Waals surface area (Å²) in [7, 11) is 5.74. The molecular formula is C13H21B. The van der Waals surface area contributed by atoms with Gasteiger partial charge in [0.15, 0.2) is 0 Å². The molecule has 0 aromatic carbocycles. The van der Waals surface area contributed by atoms with Crippen LogP contribution in [0.15, 0.2) is 36.0 Å². The van der Waals surface area contributed by atoms with E-state index in [9.17, 15) is 0 Å². The summed E-state index contributed by atoms with van der Waals surface area (Å²) in [6.45, 7) is 10.2. The molecule has 0 nitrogen and oxygen atoms in total. The first-order chi connectivity index (χ1) is 6.60. The summed E-state index contributed by atoms with van der Waals surface area (Å²) in [5.74, 6) is 0.227. The van der Waals surface area contributed by atoms with E-state index in [1.165, 1.54) is 11.1 Å². The monoisotopic (exact) mass is 188 g/mol. The van der Waals surface area contributed by atoms with Crippen molar-refractivity contribution < 1.29 is 0 Å². The summed E-state index contributed by atoms with van der Waals surface area (Å²) in [6.07, 6.45) is 9.50. The smallest absolute Gasteiger partial charge is 0.0700 e. The van der Waals surface area contributed by atoms with Crippen LogP contribution >= 0.6 is 0 Å². The summed E-state index contributed by atoms with van der Waals surface area (Å²) < 4.78 is 0. The lowest BCUT2D eigenvalue weighted by Crippen LogP contribution is -1.87. The summed E-state index contributed by atoms with van der Waals surface area (Å²) >= 11 is 0. The Morgan fingerprint density at radius 1 is 1.43 bits per heavy atom. The number of allylic oxidation sites excluding steroid dienone is 5. The van der Waals surface area contributed by atoms with Crippen molar-refractivity contribution in [1.82, 2.24) is 0 Å². The number of rotatable bonds is 6. The highest BCUT2D eigenvalue weighted by molar-refractivity contribution is 6.11. The van der Waals surface area contributed by atoms with Crippen molar-refractivity contribution in [2.75, 3.05) is 0 Å². The highest BCUT2D eigenvalue weighted by atomic mass is 14.0. The van der Waals surface area contributed by atoms with Gasteiger partial charge in [0.2, 0.25) is 0 Å². The van der Waals surface area contributed by atoms with Crippen LogP contribution in [0.5, 0.6) is 0 Å². The fourth-order valence-electron chi connectivity index (χ4n) is 1.28. The van der Waals surface area contributed by atoms with Gasteiger partial charge in [0.05, 0.1) is 7.85 Å². The SMILES string of the molecule is [B]C(C)CC(/C=C\C(=C)CCC)=C/C. The minimum Gasteiger partial charge on any atom is -0.0958 e. The van der Waals surface area contributed by atoms with Crippen molar-refractivity contribution >= 4 is 7.85 Å². The standard InChI is InChI=1S/C13H21B/c1-5-7-11(3)8-9-13(6-2)10-12(4)14/h6,8-9,12H,3,5,7,10H2,1-2,4H3/b9-8-,13-6+. The first-order valence-electron chi connectivity index (χ1n) is 5.36. The van der Waals surface area contributed by atoms with Crippen LogP contribution in [-0.4, -0.2) is 7.85 Å². The summed E-state index contributed by atoms with van der Waals surface area (Å²) in [6, 6.07) is 0. The molecule has 0 aromatic rings. The number of hydrogen-bond acceptors (Lipinski definition) is 0. The average Bonchev–Trinajstić information content (AvgIpc) is 2.12. The van der Waals surface area contributed by atoms with E-state index >= 15 is 0 Å². The first-order valence-corrected chi connectivity index (χ1v) is 5.36. The molecule has 0 amide bonds. The molecule has 0 aliphatic rings. The van der Waals surface area contributed by atoms with E-state index in [-0.39, 0.29) is 5.82 Å².